The molecule has 0 radical (unpaired) electrons. The van der Waals surface area contributed by atoms with Crippen LogP contribution in [-0.4, -0.2) is 40.4 Å². The fourth-order valence-electron chi connectivity index (χ4n) is 3.46. The summed E-state index contributed by atoms with van der Waals surface area (Å²) in [4.78, 5) is 2.23. The average molecular weight is 311 g/mol. The number of benzene rings is 2. The lowest BCUT2D eigenvalue weighted by Crippen LogP contribution is -2.50. The van der Waals surface area contributed by atoms with Gasteiger partial charge in [0.1, 0.15) is 5.60 Å². The Morgan fingerprint density at radius 3 is 2.74 bits per heavy atom. The molecule has 3 rings (SSSR count). The number of β-amino-alcohol motifs (C(OH)–C–C–N with tert-alkyl or cyclic N) is 1. The molecule has 23 heavy (non-hydrogen) atoms. The van der Waals surface area contributed by atoms with Crippen LogP contribution in [0.4, 0.5) is 0 Å². The summed E-state index contributed by atoms with van der Waals surface area (Å²) < 4.78 is 0. The van der Waals surface area contributed by atoms with E-state index in [0.717, 1.165) is 19.5 Å². The second-order valence-electron chi connectivity index (χ2n) is 6.71. The molecule has 122 valence electrons. The normalized spacial score (nSPS) is 22.2. The Kier molecular flexibility index (Phi) is 4.81. The van der Waals surface area contributed by atoms with Gasteiger partial charge in [-0.3, -0.25) is 4.90 Å². The van der Waals surface area contributed by atoms with Crippen molar-refractivity contribution >= 4 is 0 Å². The first-order valence-corrected chi connectivity index (χ1v) is 8.30. The van der Waals surface area contributed by atoms with Gasteiger partial charge in [-0.2, -0.15) is 0 Å². The molecule has 2 aromatic carbocycles. The summed E-state index contributed by atoms with van der Waals surface area (Å²) in [6, 6.07) is 17.0. The highest BCUT2D eigenvalue weighted by Crippen LogP contribution is 2.26. The number of aryl methyl sites for hydroxylation is 1. The summed E-state index contributed by atoms with van der Waals surface area (Å²) in [5.74, 6) is 0. The molecule has 0 unspecified atom stereocenters. The van der Waals surface area contributed by atoms with E-state index in [1.54, 1.807) is 0 Å². The smallest absolute Gasteiger partial charge is 0.100 e. The Morgan fingerprint density at radius 1 is 1.13 bits per heavy atom. The molecule has 1 aliphatic heterocycles. The van der Waals surface area contributed by atoms with E-state index in [-0.39, 0.29) is 6.61 Å². The third-order valence-electron chi connectivity index (χ3n) is 4.72. The standard InChI is InChI=1S/C20H25NO2/c1-16-6-2-3-9-19(16)18-8-4-7-17(12-18)13-21-11-5-10-20(23,14-21)15-22/h2-4,6-9,12,22-23H,5,10-11,13-15H2,1H3/t20-/m0/s1. The molecule has 0 spiro atoms. The molecule has 1 atom stereocenters. The summed E-state index contributed by atoms with van der Waals surface area (Å²) in [5.41, 5.74) is 4.08. The zero-order chi connectivity index (χ0) is 16.3. The highest BCUT2D eigenvalue weighted by Gasteiger charge is 2.32. The minimum absolute atomic E-state index is 0.160. The highest BCUT2D eigenvalue weighted by atomic mass is 16.3. The van der Waals surface area contributed by atoms with Crippen molar-refractivity contribution in [1.29, 1.82) is 0 Å². The second-order valence-corrected chi connectivity index (χ2v) is 6.71. The fraction of sp³-hybridized carbons (Fsp3) is 0.400. The van der Waals surface area contributed by atoms with Crippen LogP contribution >= 0.6 is 0 Å². The van der Waals surface area contributed by atoms with Gasteiger partial charge >= 0.3 is 0 Å². The molecule has 0 aromatic heterocycles. The van der Waals surface area contributed by atoms with Gasteiger partial charge in [0, 0.05) is 13.1 Å². The minimum atomic E-state index is -0.939. The summed E-state index contributed by atoms with van der Waals surface area (Å²) in [5, 5.41) is 19.7. The van der Waals surface area contributed by atoms with Gasteiger partial charge in [-0.05, 0) is 54.6 Å². The van der Waals surface area contributed by atoms with Crippen molar-refractivity contribution in [2.45, 2.75) is 31.9 Å². The molecule has 3 heteroatoms. The number of nitrogens with zero attached hydrogens (tertiary/aromatic N) is 1. The van der Waals surface area contributed by atoms with Crippen LogP contribution in [0.15, 0.2) is 48.5 Å². The van der Waals surface area contributed by atoms with Crippen LogP contribution < -0.4 is 0 Å². The third kappa shape index (κ3) is 3.81. The molecule has 2 aromatic rings. The molecule has 3 nitrogen and oxygen atoms in total. The molecule has 0 aliphatic carbocycles. The maximum absolute atomic E-state index is 10.3. The van der Waals surface area contributed by atoms with E-state index in [2.05, 4.69) is 60.4 Å². The second kappa shape index (κ2) is 6.83. The first kappa shape index (κ1) is 16.2. The summed E-state index contributed by atoms with van der Waals surface area (Å²) in [7, 11) is 0. The molecule has 0 bridgehead atoms. The van der Waals surface area contributed by atoms with Crippen LogP contribution in [0, 0.1) is 6.92 Å². The maximum Gasteiger partial charge on any atom is 0.100 e. The lowest BCUT2D eigenvalue weighted by Gasteiger charge is -2.38. The van der Waals surface area contributed by atoms with E-state index in [0.29, 0.717) is 13.0 Å². The van der Waals surface area contributed by atoms with Crippen LogP contribution in [0.3, 0.4) is 0 Å². The maximum atomic E-state index is 10.3. The van der Waals surface area contributed by atoms with Crippen molar-refractivity contribution in [2.24, 2.45) is 0 Å². The molecule has 1 saturated heterocycles. The molecular formula is C20H25NO2. The Morgan fingerprint density at radius 2 is 1.96 bits per heavy atom. The Balaban J connectivity index is 1.77. The lowest BCUT2D eigenvalue weighted by molar-refractivity contribution is -0.0687. The molecule has 1 fully saturated rings. The average Bonchev–Trinajstić information content (AvgIpc) is 2.56. The van der Waals surface area contributed by atoms with Crippen molar-refractivity contribution in [1.82, 2.24) is 4.90 Å². The van der Waals surface area contributed by atoms with E-state index in [1.165, 1.54) is 22.3 Å². The van der Waals surface area contributed by atoms with Gasteiger partial charge in [0.2, 0.25) is 0 Å². The number of aliphatic hydroxyl groups excluding tert-OH is 1. The Bertz CT molecular complexity index is 670. The van der Waals surface area contributed by atoms with Crippen molar-refractivity contribution in [3.63, 3.8) is 0 Å². The lowest BCUT2D eigenvalue weighted by atomic mass is 9.93. The van der Waals surface area contributed by atoms with Crippen molar-refractivity contribution in [2.75, 3.05) is 19.7 Å². The van der Waals surface area contributed by atoms with Crippen LogP contribution in [0.25, 0.3) is 11.1 Å². The summed E-state index contributed by atoms with van der Waals surface area (Å²) in [6.45, 7) is 4.29. The fourth-order valence-corrected chi connectivity index (χ4v) is 3.46. The Labute approximate surface area is 138 Å². The van der Waals surface area contributed by atoms with Gasteiger partial charge in [-0.1, -0.05) is 42.5 Å². The SMILES string of the molecule is Cc1ccccc1-c1cccc(CN2CCC[C@@](O)(CO)C2)c1. The monoisotopic (exact) mass is 311 g/mol. The third-order valence-corrected chi connectivity index (χ3v) is 4.72. The van der Waals surface area contributed by atoms with Gasteiger partial charge in [0.05, 0.1) is 6.61 Å². The molecular weight excluding hydrogens is 286 g/mol. The van der Waals surface area contributed by atoms with Crippen LogP contribution in [-0.2, 0) is 6.54 Å². The van der Waals surface area contributed by atoms with Crippen molar-refractivity contribution in [3.8, 4) is 11.1 Å². The van der Waals surface area contributed by atoms with Gasteiger partial charge in [0.25, 0.3) is 0 Å². The number of hydrogen-bond acceptors (Lipinski definition) is 3. The van der Waals surface area contributed by atoms with Gasteiger partial charge in [-0.25, -0.2) is 0 Å². The first-order chi connectivity index (χ1) is 11.1. The van der Waals surface area contributed by atoms with E-state index in [1.807, 2.05) is 0 Å². The largest absolute Gasteiger partial charge is 0.393 e. The van der Waals surface area contributed by atoms with E-state index >= 15 is 0 Å². The minimum Gasteiger partial charge on any atom is -0.393 e. The van der Waals surface area contributed by atoms with Crippen LogP contribution in [0.5, 0.6) is 0 Å². The van der Waals surface area contributed by atoms with Crippen molar-refractivity contribution < 1.29 is 10.2 Å². The molecule has 2 N–H and O–H groups in total. The van der Waals surface area contributed by atoms with Gasteiger partial charge < -0.3 is 10.2 Å². The van der Waals surface area contributed by atoms with Gasteiger partial charge in [0.15, 0.2) is 0 Å². The molecule has 0 saturated carbocycles. The van der Waals surface area contributed by atoms with Gasteiger partial charge in [-0.15, -0.1) is 0 Å². The summed E-state index contributed by atoms with van der Waals surface area (Å²) >= 11 is 0. The van der Waals surface area contributed by atoms with E-state index in [9.17, 15) is 10.2 Å². The van der Waals surface area contributed by atoms with E-state index < -0.39 is 5.60 Å². The number of piperidine rings is 1. The number of rotatable bonds is 4. The van der Waals surface area contributed by atoms with Crippen LogP contribution in [0.2, 0.25) is 0 Å². The molecule has 1 heterocycles. The predicted octanol–water partition coefficient (Wildman–Crippen LogP) is 2.98. The van der Waals surface area contributed by atoms with E-state index in [4.69, 9.17) is 0 Å². The molecule has 0 amide bonds. The molecule has 1 aliphatic rings. The number of aliphatic hydroxyl groups is 2. The topological polar surface area (TPSA) is 43.7 Å². The predicted molar refractivity (Wildman–Crippen MR) is 93.2 cm³/mol. The van der Waals surface area contributed by atoms with Crippen molar-refractivity contribution in [3.05, 3.63) is 59.7 Å². The Hall–Kier alpha value is -1.68. The van der Waals surface area contributed by atoms with Crippen LogP contribution in [0.1, 0.15) is 24.0 Å². The zero-order valence-electron chi connectivity index (χ0n) is 13.7. The number of likely N-dealkylation sites (tertiary alicyclic amines) is 1. The first-order valence-electron chi connectivity index (χ1n) is 8.30. The summed E-state index contributed by atoms with van der Waals surface area (Å²) in [6.07, 6.45) is 1.61. The quantitative estimate of drug-likeness (QED) is 0.912. The number of hydrogen-bond donors (Lipinski definition) is 2. The zero-order valence-corrected chi connectivity index (χ0v) is 13.7. The highest BCUT2D eigenvalue weighted by molar-refractivity contribution is 5.67.